The van der Waals surface area contributed by atoms with Gasteiger partial charge in [0, 0.05) is 56.6 Å². The standard InChI is InChI=1S/C45H44N6O7/c52-40-21-22-41(53)48-36(27-32-10-7-23-46-28-32)42(54)49-38(25-30-13-17-34(18-14-30)33-11-5-2-6-12-33)43(55)50-37(24-29-8-3-1-4-9-29)44(56)51-39(45(57)58)26-31-15-19-35(47-40)20-16-31/h1-20,23,28,36-39H,21-22,24-27H2,(H,47,52)(H,48,53)(H,49,54)(H,50,55)(H,51,56)(H,57,58). The zero-order valence-corrected chi connectivity index (χ0v) is 31.6. The van der Waals surface area contributed by atoms with Crippen LogP contribution in [-0.4, -0.2) is 69.8 Å². The van der Waals surface area contributed by atoms with E-state index in [1.165, 1.54) is 0 Å². The lowest BCUT2D eigenvalue weighted by atomic mass is 9.98. The maximum Gasteiger partial charge on any atom is 0.326 e. The Morgan fingerprint density at radius 2 is 1.07 bits per heavy atom. The van der Waals surface area contributed by atoms with Gasteiger partial charge in [-0.2, -0.15) is 0 Å². The van der Waals surface area contributed by atoms with Gasteiger partial charge in [-0.3, -0.25) is 29.0 Å². The normalized spacial score (nSPS) is 19.7. The first-order valence-corrected chi connectivity index (χ1v) is 19.0. The molecule has 4 unspecified atom stereocenters. The fourth-order valence-corrected chi connectivity index (χ4v) is 6.63. The van der Waals surface area contributed by atoms with Crippen molar-refractivity contribution in [3.05, 3.63) is 156 Å². The van der Waals surface area contributed by atoms with E-state index in [0.717, 1.165) is 11.1 Å². The van der Waals surface area contributed by atoms with Crippen LogP contribution in [0.4, 0.5) is 5.69 Å². The van der Waals surface area contributed by atoms with Gasteiger partial charge in [0.25, 0.3) is 0 Å². The number of anilines is 1. The number of hydrogen-bond donors (Lipinski definition) is 6. The molecule has 13 nitrogen and oxygen atoms in total. The second kappa shape index (κ2) is 19.6. The molecule has 7 rings (SSSR count). The molecule has 0 saturated heterocycles. The minimum atomic E-state index is -1.36. The summed E-state index contributed by atoms with van der Waals surface area (Å²) in [6, 6.07) is 31.1. The van der Waals surface area contributed by atoms with E-state index in [4.69, 9.17) is 0 Å². The Balaban J connectivity index is 1.35. The van der Waals surface area contributed by atoms with Gasteiger partial charge >= 0.3 is 5.97 Å². The first kappa shape index (κ1) is 40.5. The number of nitrogens with one attached hydrogen (secondary N) is 5. The average molecular weight is 781 g/mol. The molecule has 1 aromatic heterocycles. The summed E-state index contributed by atoms with van der Waals surface area (Å²) in [5, 5.41) is 23.8. The van der Waals surface area contributed by atoms with Gasteiger partial charge in [0.15, 0.2) is 0 Å². The maximum atomic E-state index is 14.4. The minimum absolute atomic E-state index is 0.00756. The molecular weight excluding hydrogens is 737 g/mol. The predicted molar refractivity (Wildman–Crippen MR) is 217 cm³/mol. The average Bonchev–Trinajstić information content (AvgIpc) is 3.23. The molecule has 4 aromatic carbocycles. The Morgan fingerprint density at radius 3 is 1.67 bits per heavy atom. The second-order valence-electron chi connectivity index (χ2n) is 14.1. The highest BCUT2D eigenvalue weighted by molar-refractivity contribution is 5.97. The Kier molecular flexibility index (Phi) is 13.7. The van der Waals surface area contributed by atoms with Crippen molar-refractivity contribution in [2.45, 2.75) is 62.7 Å². The highest BCUT2D eigenvalue weighted by atomic mass is 16.4. The zero-order valence-electron chi connectivity index (χ0n) is 31.6. The highest BCUT2D eigenvalue weighted by Crippen LogP contribution is 2.20. The molecule has 5 aromatic rings. The van der Waals surface area contributed by atoms with E-state index in [9.17, 15) is 33.9 Å². The van der Waals surface area contributed by atoms with E-state index < -0.39 is 59.7 Å². The minimum Gasteiger partial charge on any atom is -0.480 e. The molecule has 6 N–H and O–H groups in total. The second-order valence-corrected chi connectivity index (χ2v) is 14.1. The van der Waals surface area contributed by atoms with Crippen molar-refractivity contribution in [2.24, 2.45) is 0 Å². The zero-order chi connectivity index (χ0) is 40.9. The molecule has 0 fully saturated rings. The van der Waals surface area contributed by atoms with Crippen LogP contribution in [0.25, 0.3) is 11.1 Å². The van der Waals surface area contributed by atoms with Crippen molar-refractivity contribution in [3.63, 3.8) is 0 Å². The van der Waals surface area contributed by atoms with Crippen LogP contribution in [0.5, 0.6) is 0 Å². The van der Waals surface area contributed by atoms with Gasteiger partial charge in [-0.1, -0.05) is 103 Å². The number of benzene rings is 4. The number of aromatic nitrogens is 1. The van der Waals surface area contributed by atoms with Gasteiger partial charge in [-0.05, 0) is 51.6 Å². The molecule has 5 amide bonds. The predicted octanol–water partition coefficient (Wildman–Crippen LogP) is 3.78. The van der Waals surface area contributed by atoms with Crippen molar-refractivity contribution < 1.29 is 33.9 Å². The Morgan fingerprint density at radius 1 is 0.552 bits per heavy atom. The highest BCUT2D eigenvalue weighted by Gasteiger charge is 2.32. The van der Waals surface area contributed by atoms with Crippen LogP contribution in [-0.2, 0) is 54.5 Å². The molecule has 13 heteroatoms. The lowest BCUT2D eigenvalue weighted by Gasteiger charge is -2.26. The summed E-state index contributed by atoms with van der Waals surface area (Å²) < 4.78 is 0. The summed E-state index contributed by atoms with van der Waals surface area (Å²) in [6.07, 6.45) is 2.69. The molecule has 0 saturated carbocycles. The van der Waals surface area contributed by atoms with Gasteiger partial charge in [0.2, 0.25) is 29.5 Å². The first-order valence-electron chi connectivity index (χ1n) is 19.0. The molecule has 0 radical (unpaired) electrons. The third kappa shape index (κ3) is 11.7. The number of hydrogen-bond acceptors (Lipinski definition) is 7. The molecule has 0 aliphatic carbocycles. The molecule has 296 valence electrons. The number of pyridine rings is 1. The van der Waals surface area contributed by atoms with Gasteiger partial charge in [0.1, 0.15) is 24.2 Å². The lowest BCUT2D eigenvalue weighted by molar-refractivity contribution is -0.142. The summed E-state index contributed by atoms with van der Waals surface area (Å²) in [5.41, 5.74) is 4.98. The van der Waals surface area contributed by atoms with Crippen LogP contribution >= 0.6 is 0 Å². The number of carbonyl (C=O) groups excluding carboxylic acids is 5. The Bertz CT molecular complexity index is 2200. The number of carbonyl (C=O) groups is 6. The van der Waals surface area contributed by atoms with E-state index in [1.54, 1.807) is 73.1 Å². The van der Waals surface area contributed by atoms with E-state index in [0.29, 0.717) is 27.9 Å². The molecule has 0 spiro atoms. The van der Waals surface area contributed by atoms with Crippen LogP contribution in [0, 0.1) is 0 Å². The van der Waals surface area contributed by atoms with Crippen molar-refractivity contribution in [1.29, 1.82) is 0 Å². The third-order valence-electron chi connectivity index (χ3n) is 9.74. The van der Waals surface area contributed by atoms with E-state index in [1.807, 2.05) is 60.7 Å². The molecule has 3 heterocycles. The molecular formula is C45H44N6O7. The fourth-order valence-electron chi connectivity index (χ4n) is 6.63. The first-order chi connectivity index (χ1) is 28.1. The number of fused-ring (bicyclic) bond motifs is 18. The van der Waals surface area contributed by atoms with E-state index in [-0.39, 0.29) is 38.5 Å². The summed E-state index contributed by atoms with van der Waals surface area (Å²) in [4.78, 5) is 85.3. The molecule has 2 aliphatic rings. The van der Waals surface area contributed by atoms with Crippen LogP contribution in [0.15, 0.2) is 134 Å². The van der Waals surface area contributed by atoms with Crippen LogP contribution in [0.3, 0.4) is 0 Å². The van der Waals surface area contributed by atoms with Crippen molar-refractivity contribution in [1.82, 2.24) is 26.3 Å². The SMILES string of the molecule is O=C1CCC(=O)NC(Cc2cccnc2)C(=O)NC(Cc2ccc(-c3ccccc3)cc2)C(=O)NC(Cc2ccccc2)C(=O)NC(C(=O)O)Cc2ccc(cc2)N1. The topological polar surface area (TPSA) is 196 Å². The summed E-state index contributed by atoms with van der Waals surface area (Å²) >= 11 is 0. The van der Waals surface area contributed by atoms with Crippen LogP contribution in [0.2, 0.25) is 0 Å². The Hall–Kier alpha value is -7.15. The summed E-state index contributed by atoms with van der Waals surface area (Å²) in [6.45, 7) is 0. The van der Waals surface area contributed by atoms with Gasteiger partial charge in [-0.15, -0.1) is 0 Å². The number of nitrogens with zero attached hydrogens (tertiary/aromatic N) is 1. The van der Waals surface area contributed by atoms with E-state index in [2.05, 4.69) is 31.6 Å². The van der Waals surface area contributed by atoms with Crippen molar-refractivity contribution >= 4 is 41.2 Å². The largest absolute Gasteiger partial charge is 0.480 e. The molecule has 2 aliphatic heterocycles. The number of carboxylic acid groups (broad SMARTS) is 1. The van der Waals surface area contributed by atoms with Gasteiger partial charge in [-0.25, -0.2) is 4.79 Å². The quantitative estimate of drug-likeness (QED) is 0.128. The van der Waals surface area contributed by atoms with Crippen molar-refractivity contribution in [2.75, 3.05) is 5.32 Å². The number of rotatable bonds is 8. The summed E-state index contributed by atoms with van der Waals surface area (Å²) in [5.74, 6) is -4.40. The smallest absolute Gasteiger partial charge is 0.326 e. The number of aliphatic carboxylic acids is 1. The Labute approximate surface area is 335 Å². The molecule has 58 heavy (non-hydrogen) atoms. The van der Waals surface area contributed by atoms with E-state index >= 15 is 0 Å². The third-order valence-corrected chi connectivity index (χ3v) is 9.74. The molecule has 4 atom stereocenters. The molecule has 2 bridgehead atoms. The maximum absolute atomic E-state index is 14.4. The number of amides is 5. The lowest BCUT2D eigenvalue weighted by Crippen LogP contribution is -2.59. The monoisotopic (exact) mass is 780 g/mol. The van der Waals surface area contributed by atoms with Crippen molar-refractivity contribution in [3.8, 4) is 11.1 Å². The van der Waals surface area contributed by atoms with Gasteiger partial charge in [0.05, 0.1) is 0 Å². The van der Waals surface area contributed by atoms with Crippen LogP contribution < -0.4 is 26.6 Å². The van der Waals surface area contributed by atoms with Crippen LogP contribution in [0.1, 0.15) is 35.1 Å². The fraction of sp³-hybridized carbons (Fsp3) is 0.222. The summed E-state index contributed by atoms with van der Waals surface area (Å²) in [7, 11) is 0. The van der Waals surface area contributed by atoms with Gasteiger partial charge < -0.3 is 31.7 Å². The number of carboxylic acids is 1.